The number of hydrogen-bond acceptors (Lipinski definition) is 6. The van der Waals surface area contributed by atoms with Crippen LogP contribution in [0.5, 0.6) is 11.5 Å². The van der Waals surface area contributed by atoms with Gasteiger partial charge in [0.1, 0.15) is 17.2 Å². The molecule has 0 saturated carbocycles. The van der Waals surface area contributed by atoms with Crippen LogP contribution in [0, 0.1) is 0 Å². The Balaban J connectivity index is 2.62. The van der Waals surface area contributed by atoms with Crippen LogP contribution < -0.4 is 14.8 Å². The van der Waals surface area contributed by atoms with Crippen LogP contribution in [0.2, 0.25) is 0 Å². The zero-order valence-corrected chi connectivity index (χ0v) is 10.8. The van der Waals surface area contributed by atoms with E-state index in [1.807, 2.05) is 0 Å². The van der Waals surface area contributed by atoms with Crippen molar-refractivity contribution in [2.75, 3.05) is 7.11 Å². The Morgan fingerprint density at radius 3 is 2.75 bits per heavy atom. The molecule has 1 aliphatic heterocycles. The fraction of sp³-hybridized carbons (Fsp3) is 0.231. The Bertz CT molecular complexity index is 607. The Hall–Kier alpha value is -2.54. The quantitative estimate of drug-likeness (QED) is 0.721. The summed E-state index contributed by atoms with van der Waals surface area (Å²) in [7, 11) is 1.44. The summed E-state index contributed by atoms with van der Waals surface area (Å²) in [5.74, 6) is -1.46. The molecule has 0 fully saturated rings. The number of methoxy groups -OCH3 is 1. The number of fused-ring (bicyclic) bond motifs is 1. The molecule has 1 atom stereocenters. The monoisotopic (exact) mass is 279 g/mol. The molecule has 0 bridgehead atoms. The second-order valence-corrected chi connectivity index (χ2v) is 4.10. The van der Waals surface area contributed by atoms with Gasteiger partial charge in [0.15, 0.2) is 5.76 Å². The van der Waals surface area contributed by atoms with E-state index in [4.69, 9.17) is 9.47 Å². The molecule has 1 unspecified atom stereocenters. The Morgan fingerprint density at radius 1 is 1.45 bits per heavy atom. The van der Waals surface area contributed by atoms with Gasteiger partial charge in [-0.2, -0.15) is 0 Å². The van der Waals surface area contributed by atoms with Crippen molar-refractivity contribution in [2.45, 2.75) is 13.2 Å². The molecule has 1 heterocycles. The van der Waals surface area contributed by atoms with Gasteiger partial charge in [0.2, 0.25) is 5.91 Å². The van der Waals surface area contributed by atoms with Gasteiger partial charge < -0.3 is 25.0 Å². The summed E-state index contributed by atoms with van der Waals surface area (Å²) >= 11 is 0. The topological polar surface area (TPSA) is 105 Å². The number of benzene rings is 1. The first kappa shape index (κ1) is 13.9. The van der Waals surface area contributed by atoms with Crippen LogP contribution in [-0.2, 0) is 9.59 Å². The second kappa shape index (κ2) is 5.22. The largest absolute Gasteiger partial charge is 0.505 e. The van der Waals surface area contributed by atoms with E-state index in [1.165, 1.54) is 26.2 Å². The number of aliphatic hydroxyl groups is 2. The molecule has 3 N–H and O–H groups in total. The van der Waals surface area contributed by atoms with E-state index in [2.05, 4.69) is 5.32 Å². The highest BCUT2D eigenvalue weighted by molar-refractivity contribution is 6.06. The van der Waals surface area contributed by atoms with Gasteiger partial charge in [0, 0.05) is 6.92 Å². The zero-order chi connectivity index (χ0) is 14.9. The first-order valence-corrected chi connectivity index (χ1v) is 5.72. The highest BCUT2D eigenvalue weighted by Gasteiger charge is 2.31. The lowest BCUT2D eigenvalue weighted by molar-refractivity contribution is -0.138. The van der Waals surface area contributed by atoms with Crippen LogP contribution >= 0.6 is 0 Å². The van der Waals surface area contributed by atoms with Crippen LogP contribution in [0.3, 0.4) is 0 Å². The van der Waals surface area contributed by atoms with Crippen LogP contribution in [-0.4, -0.2) is 35.3 Å². The summed E-state index contributed by atoms with van der Waals surface area (Å²) in [6.07, 6.45) is -1.81. The van der Waals surface area contributed by atoms with E-state index in [9.17, 15) is 19.8 Å². The number of carbonyl (C=O) groups excluding carboxylic acids is 2. The summed E-state index contributed by atoms with van der Waals surface area (Å²) in [5.41, 5.74) is -0.282. The standard InChI is InChI=1S/C13H13NO6/c1-6(15)14-10-11(16)8-5-7(19-2)3-4-9(8)20-13(18)12(10)17/h3-5,13,16,18H,1-2H3,(H,14,15). The van der Waals surface area contributed by atoms with Gasteiger partial charge in [-0.15, -0.1) is 0 Å². The van der Waals surface area contributed by atoms with E-state index in [-0.39, 0.29) is 11.3 Å². The molecule has 1 amide bonds. The van der Waals surface area contributed by atoms with E-state index in [1.54, 1.807) is 6.07 Å². The van der Waals surface area contributed by atoms with Crippen molar-refractivity contribution in [3.05, 3.63) is 29.5 Å². The maximum absolute atomic E-state index is 11.9. The fourth-order valence-corrected chi connectivity index (χ4v) is 1.77. The minimum Gasteiger partial charge on any atom is -0.505 e. The average Bonchev–Trinajstić information content (AvgIpc) is 2.50. The third-order valence-corrected chi connectivity index (χ3v) is 2.69. The summed E-state index contributed by atoms with van der Waals surface area (Å²) in [6, 6.07) is 4.42. The predicted octanol–water partition coefficient (Wildman–Crippen LogP) is 0.338. The number of amides is 1. The summed E-state index contributed by atoms with van der Waals surface area (Å²) < 4.78 is 10.1. The number of carbonyl (C=O) groups is 2. The maximum atomic E-state index is 11.9. The number of rotatable bonds is 2. The molecule has 20 heavy (non-hydrogen) atoms. The van der Waals surface area contributed by atoms with Crippen molar-refractivity contribution >= 4 is 17.4 Å². The molecule has 0 spiro atoms. The highest BCUT2D eigenvalue weighted by atomic mass is 16.6. The lowest BCUT2D eigenvalue weighted by atomic mass is 10.1. The molecule has 0 radical (unpaired) electrons. The number of Topliss-reactive ketones (excluding diaryl/α,β-unsaturated/α-hetero) is 1. The molecule has 7 nitrogen and oxygen atoms in total. The number of ketones is 1. The number of hydrogen-bond donors (Lipinski definition) is 3. The molecule has 7 heteroatoms. The molecule has 106 valence electrons. The predicted molar refractivity (Wildman–Crippen MR) is 68.0 cm³/mol. The SMILES string of the molecule is COc1ccc2c(c1)C(O)=C(NC(C)=O)C(=O)C(O)O2. The second-order valence-electron chi connectivity index (χ2n) is 4.10. The van der Waals surface area contributed by atoms with Crippen molar-refractivity contribution in [2.24, 2.45) is 0 Å². The molecule has 1 aromatic rings. The summed E-state index contributed by atoms with van der Waals surface area (Å²) in [4.78, 5) is 23.0. The molecule has 2 rings (SSSR count). The fourth-order valence-electron chi connectivity index (χ4n) is 1.77. The number of nitrogens with one attached hydrogen (secondary N) is 1. The van der Waals surface area contributed by atoms with Gasteiger partial charge in [-0.3, -0.25) is 9.59 Å². The van der Waals surface area contributed by atoms with Crippen LogP contribution in [0.15, 0.2) is 23.9 Å². The number of ether oxygens (including phenoxy) is 2. The molecule has 0 aliphatic carbocycles. The van der Waals surface area contributed by atoms with E-state index >= 15 is 0 Å². The molecule has 1 aliphatic rings. The first-order valence-electron chi connectivity index (χ1n) is 5.72. The summed E-state index contributed by atoms with van der Waals surface area (Å²) in [6.45, 7) is 1.18. The van der Waals surface area contributed by atoms with Gasteiger partial charge in [0.05, 0.1) is 12.7 Å². The van der Waals surface area contributed by atoms with Crippen LogP contribution in [0.4, 0.5) is 0 Å². The average molecular weight is 279 g/mol. The molecule has 0 aromatic heterocycles. The summed E-state index contributed by atoms with van der Waals surface area (Å²) in [5, 5.41) is 22.0. The minimum atomic E-state index is -1.81. The Labute approximate surface area is 114 Å². The van der Waals surface area contributed by atoms with Crippen molar-refractivity contribution < 1.29 is 29.3 Å². The maximum Gasteiger partial charge on any atom is 0.263 e. The van der Waals surface area contributed by atoms with Crippen LogP contribution in [0.1, 0.15) is 12.5 Å². The third-order valence-electron chi connectivity index (χ3n) is 2.69. The molecular formula is C13H13NO6. The van der Waals surface area contributed by atoms with Gasteiger partial charge in [-0.25, -0.2) is 0 Å². The van der Waals surface area contributed by atoms with Crippen molar-refractivity contribution in [1.29, 1.82) is 0 Å². The van der Waals surface area contributed by atoms with E-state index < -0.39 is 29.4 Å². The van der Waals surface area contributed by atoms with Gasteiger partial charge in [-0.05, 0) is 18.2 Å². The molecule has 0 saturated heterocycles. The highest BCUT2D eigenvalue weighted by Crippen LogP contribution is 2.33. The minimum absolute atomic E-state index is 0.101. The van der Waals surface area contributed by atoms with E-state index in [0.29, 0.717) is 5.75 Å². The zero-order valence-electron chi connectivity index (χ0n) is 10.8. The molecule has 1 aromatic carbocycles. The van der Waals surface area contributed by atoms with Crippen LogP contribution in [0.25, 0.3) is 5.76 Å². The lowest BCUT2D eigenvalue weighted by Gasteiger charge is -2.11. The molecular weight excluding hydrogens is 266 g/mol. The van der Waals surface area contributed by atoms with Gasteiger partial charge >= 0.3 is 0 Å². The normalized spacial score (nSPS) is 17.9. The van der Waals surface area contributed by atoms with Gasteiger partial charge in [-0.1, -0.05) is 0 Å². The van der Waals surface area contributed by atoms with Crippen molar-refractivity contribution in [1.82, 2.24) is 5.32 Å². The first-order chi connectivity index (χ1) is 9.43. The third kappa shape index (κ3) is 2.43. The van der Waals surface area contributed by atoms with E-state index in [0.717, 1.165) is 0 Å². The smallest absolute Gasteiger partial charge is 0.263 e. The Kier molecular flexibility index (Phi) is 3.62. The Morgan fingerprint density at radius 2 is 2.15 bits per heavy atom. The van der Waals surface area contributed by atoms with Crippen molar-refractivity contribution in [3.63, 3.8) is 0 Å². The lowest BCUT2D eigenvalue weighted by Crippen LogP contribution is -2.34. The number of aliphatic hydroxyl groups excluding tert-OH is 2. The van der Waals surface area contributed by atoms with Crippen molar-refractivity contribution in [3.8, 4) is 11.5 Å². The van der Waals surface area contributed by atoms with Gasteiger partial charge in [0.25, 0.3) is 12.1 Å².